The molecule has 4 aromatic heterocycles. The van der Waals surface area contributed by atoms with Crippen molar-refractivity contribution in [1.82, 2.24) is 33.8 Å². The molecule has 0 saturated carbocycles. The molecule has 0 radical (unpaired) electrons. The third kappa shape index (κ3) is 4.05. The van der Waals surface area contributed by atoms with Gasteiger partial charge in [0.2, 0.25) is 0 Å². The molecule has 1 fully saturated rings. The zero-order chi connectivity index (χ0) is 24.9. The highest BCUT2D eigenvalue weighted by Crippen LogP contribution is 2.33. The van der Waals surface area contributed by atoms with Crippen LogP contribution in [-0.2, 0) is 13.6 Å². The Morgan fingerprint density at radius 2 is 2.09 bits per heavy atom. The summed E-state index contributed by atoms with van der Waals surface area (Å²) in [7, 11) is 1.74. The zero-order valence-electron chi connectivity index (χ0n) is 20.3. The van der Waals surface area contributed by atoms with Gasteiger partial charge in [-0.05, 0) is 26.3 Å². The summed E-state index contributed by atoms with van der Waals surface area (Å²) >= 11 is 6.05. The highest BCUT2D eigenvalue weighted by atomic mass is 35.5. The van der Waals surface area contributed by atoms with Gasteiger partial charge >= 0.3 is 0 Å². The molecule has 11 heteroatoms. The minimum absolute atomic E-state index is 0.0861. The highest BCUT2D eigenvalue weighted by molar-refractivity contribution is 6.29. The number of fused-ring (bicyclic) bond motifs is 2. The van der Waals surface area contributed by atoms with E-state index in [1.165, 1.54) is 0 Å². The van der Waals surface area contributed by atoms with Gasteiger partial charge in [0.05, 0.1) is 29.2 Å². The van der Waals surface area contributed by atoms with Crippen LogP contribution >= 0.6 is 11.6 Å². The van der Waals surface area contributed by atoms with Crippen LogP contribution in [0.15, 0.2) is 35.4 Å². The lowest BCUT2D eigenvalue weighted by molar-refractivity contribution is 0.104. The van der Waals surface area contributed by atoms with E-state index in [1.807, 2.05) is 12.3 Å². The van der Waals surface area contributed by atoms with Gasteiger partial charge in [-0.1, -0.05) is 18.5 Å². The third-order valence-corrected chi connectivity index (χ3v) is 7.26. The van der Waals surface area contributed by atoms with Crippen LogP contribution in [0.3, 0.4) is 0 Å². The number of aryl methyl sites for hydroxylation is 1. The van der Waals surface area contributed by atoms with Crippen LogP contribution in [0, 0.1) is 11.3 Å². The summed E-state index contributed by atoms with van der Waals surface area (Å²) in [6.45, 7) is 8.25. The summed E-state index contributed by atoms with van der Waals surface area (Å²) in [5.41, 5.74) is 3.92. The van der Waals surface area contributed by atoms with Gasteiger partial charge in [0, 0.05) is 56.6 Å². The van der Waals surface area contributed by atoms with Crippen molar-refractivity contribution < 1.29 is 0 Å². The van der Waals surface area contributed by atoms with Crippen LogP contribution in [0.2, 0.25) is 5.15 Å². The maximum absolute atomic E-state index is 12.8. The first-order chi connectivity index (χ1) is 16.8. The van der Waals surface area contributed by atoms with Crippen molar-refractivity contribution in [3.8, 4) is 6.07 Å². The molecule has 3 atom stereocenters. The second-order valence-electron chi connectivity index (χ2n) is 9.20. The first-order valence-electron chi connectivity index (χ1n) is 11.8. The highest BCUT2D eigenvalue weighted by Gasteiger charge is 2.35. The van der Waals surface area contributed by atoms with E-state index in [1.54, 1.807) is 39.1 Å². The van der Waals surface area contributed by atoms with Gasteiger partial charge in [-0.2, -0.15) is 15.5 Å². The number of anilines is 1. The lowest BCUT2D eigenvalue weighted by atomic mass is 10.00. The average Bonchev–Trinajstić information content (AvgIpc) is 3.43. The number of pyridine rings is 1. The van der Waals surface area contributed by atoms with Crippen LogP contribution < -0.4 is 10.5 Å². The number of piperazine rings is 1. The van der Waals surface area contributed by atoms with Crippen molar-refractivity contribution in [2.75, 3.05) is 18.0 Å². The first-order valence-corrected chi connectivity index (χ1v) is 12.2. The molecule has 0 amide bonds. The lowest BCUT2D eigenvalue weighted by Crippen LogP contribution is -2.58. The topological polar surface area (TPSA) is 100 Å². The quantitative estimate of drug-likeness (QED) is 0.421. The van der Waals surface area contributed by atoms with Gasteiger partial charge in [0.1, 0.15) is 12.1 Å². The van der Waals surface area contributed by atoms with Crippen molar-refractivity contribution in [3.63, 3.8) is 0 Å². The van der Waals surface area contributed by atoms with Crippen molar-refractivity contribution in [2.45, 2.75) is 51.9 Å². The minimum Gasteiger partial charge on any atom is -0.364 e. The van der Waals surface area contributed by atoms with E-state index >= 15 is 0 Å². The molecule has 5 rings (SSSR count). The first kappa shape index (κ1) is 23.3. The van der Waals surface area contributed by atoms with E-state index in [-0.39, 0.29) is 30.2 Å². The molecule has 35 heavy (non-hydrogen) atoms. The van der Waals surface area contributed by atoms with Crippen LogP contribution in [0.25, 0.3) is 16.7 Å². The molecule has 0 aromatic carbocycles. The number of nitrogens with zero attached hydrogens (tertiary/aromatic N) is 9. The summed E-state index contributed by atoms with van der Waals surface area (Å²) in [5.74, 6) is 0. The molecule has 10 nitrogen and oxygen atoms in total. The SMILES string of the molecule is CC[C@@H]1CN(c2cc(=O)n(C)c3cn(CC#N)nc23)[C@@H](C)CN1[C@H](C)c1ccn2nc(Cl)cc2n1. The second kappa shape index (κ2) is 8.98. The van der Waals surface area contributed by atoms with Gasteiger partial charge in [-0.15, -0.1) is 0 Å². The predicted molar refractivity (Wildman–Crippen MR) is 135 cm³/mol. The number of nitriles is 1. The van der Waals surface area contributed by atoms with Crippen LogP contribution in [0.5, 0.6) is 0 Å². The lowest BCUT2D eigenvalue weighted by Gasteiger charge is -2.48. The Balaban J connectivity index is 1.48. The van der Waals surface area contributed by atoms with Gasteiger partial charge < -0.3 is 9.47 Å². The average molecular weight is 494 g/mol. The standard InChI is InChI=1S/C24H28ClN9O/c1-5-17-13-32(19-10-23(35)30(4)20-14-31(9-7-26)29-24(19)20)15(2)12-33(17)16(3)18-6-8-34-22(27-18)11-21(25)28-34/h6,8,10-11,14-17H,5,9,12-13H2,1-4H3/t15-,16+,17+/m0/s1. The van der Waals surface area contributed by atoms with Crippen molar-refractivity contribution >= 4 is 34.0 Å². The monoisotopic (exact) mass is 493 g/mol. The number of halogens is 1. The number of hydrogen-bond donors (Lipinski definition) is 0. The van der Waals surface area contributed by atoms with Crippen LogP contribution in [0.4, 0.5) is 5.69 Å². The Kier molecular flexibility index (Phi) is 5.99. The summed E-state index contributed by atoms with van der Waals surface area (Å²) < 4.78 is 4.87. The van der Waals surface area contributed by atoms with E-state index in [2.05, 4.69) is 46.8 Å². The molecule has 0 spiro atoms. The molecule has 4 aromatic rings. The fourth-order valence-electron chi connectivity index (χ4n) is 5.12. The molecule has 1 aliphatic rings. The summed E-state index contributed by atoms with van der Waals surface area (Å²) in [4.78, 5) is 22.4. The minimum atomic E-state index is -0.0861. The van der Waals surface area contributed by atoms with Crippen molar-refractivity contribution in [1.29, 1.82) is 5.26 Å². The molecule has 182 valence electrons. The van der Waals surface area contributed by atoms with Crippen LogP contribution in [0.1, 0.15) is 38.9 Å². The Hall–Kier alpha value is -3.42. The normalized spacial score (nSPS) is 19.9. The maximum Gasteiger partial charge on any atom is 0.252 e. The molecular weight excluding hydrogens is 466 g/mol. The second-order valence-corrected chi connectivity index (χ2v) is 9.59. The Morgan fingerprint density at radius 3 is 2.83 bits per heavy atom. The summed E-state index contributed by atoms with van der Waals surface area (Å²) in [6, 6.07) is 8.06. The number of rotatable bonds is 5. The largest absolute Gasteiger partial charge is 0.364 e. The summed E-state index contributed by atoms with van der Waals surface area (Å²) in [5, 5.41) is 18.4. The molecule has 0 aliphatic carbocycles. The Labute approximate surface area is 207 Å². The Bertz CT molecular complexity index is 1500. The van der Waals surface area contributed by atoms with Gasteiger partial charge in [0.15, 0.2) is 10.8 Å². The van der Waals surface area contributed by atoms with E-state index in [0.717, 1.165) is 47.6 Å². The van der Waals surface area contributed by atoms with Crippen molar-refractivity contribution in [2.24, 2.45) is 7.05 Å². The third-order valence-electron chi connectivity index (χ3n) is 7.08. The van der Waals surface area contributed by atoms with Crippen molar-refractivity contribution in [3.05, 3.63) is 51.8 Å². The molecule has 0 N–H and O–H groups in total. The molecule has 1 saturated heterocycles. The van der Waals surface area contributed by atoms with Gasteiger partial charge in [-0.25, -0.2) is 9.50 Å². The molecule has 0 unspecified atom stereocenters. The van der Waals surface area contributed by atoms with Gasteiger partial charge in [0.25, 0.3) is 5.56 Å². The molecule has 1 aliphatic heterocycles. The van der Waals surface area contributed by atoms with Crippen LogP contribution in [-0.4, -0.2) is 59.0 Å². The van der Waals surface area contributed by atoms with E-state index < -0.39 is 0 Å². The fraction of sp³-hybridized carbons (Fsp3) is 0.458. The molecule has 0 bridgehead atoms. The van der Waals surface area contributed by atoms with E-state index in [9.17, 15) is 4.79 Å². The fourth-order valence-corrected chi connectivity index (χ4v) is 5.30. The zero-order valence-corrected chi connectivity index (χ0v) is 21.0. The molecule has 5 heterocycles. The molecular formula is C24H28ClN9O. The number of aromatic nitrogens is 6. The summed E-state index contributed by atoms with van der Waals surface area (Å²) in [6.07, 6.45) is 4.62. The predicted octanol–water partition coefficient (Wildman–Crippen LogP) is 3.00. The van der Waals surface area contributed by atoms with E-state index in [4.69, 9.17) is 21.8 Å². The van der Waals surface area contributed by atoms with Gasteiger partial charge in [-0.3, -0.25) is 14.4 Å². The maximum atomic E-state index is 12.8. The smallest absolute Gasteiger partial charge is 0.252 e. The van der Waals surface area contributed by atoms with E-state index in [0.29, 0.717) is 5.15 Å². The number of hydrogen-bond acceptors (Lipinski definition) is 7. The Morgan fingerprint density at radius 1 is 1.29 bits per heavy atom.